The van der Waals surface area contributed by atoms with Crippen LogP contribution in [0.3, 0.4) is 0 Å². The van der Waals surface area contributed by atoms with Crippen molar-refractivity contribution in [2.24, 2.45) is 0 Å². The van der Waals surface area contributed by atoms with E-state index in [1.165, 1.54) is 6.92 Å². The van der Waals surface area contributed by atoms with Crippen molar-refractivity contribution in [3.05, 3.63) is 10.3 Å². The van der Waals surface area contributed by atoms with Gasteiger partial charge >= 0.3 is 5.97 Å². The normalized spacial score (nSPS) is 9.69. The van der Waals surface area contributed by atoms with Crippen molar-refractivity contribution in [3.63, 3.8) is 0 Å². The molecule has 0 saturated heterocycles. The quantitative estimate of drug-likeness (QED) is 0.722. The van der Waals surface area contributed by atoms with E-state index in [0.717, 1.165) is 0 Å². The zero-order valence-corrected chi connectivity index (χ0v) is 8.17. The molecule has 0 atom stereocenters. The lowest BCUT2D eigenvalue weighted by Gasteiger charge is -1.92. The molecule has 1 amide bonds. The van der Waals surface area contributed by atoms with E-state index in [1.807, 2.05) is 0 Å². The van der Waals surface area contributed by atoms with Crippen molar-refractivity contribution in [2.75, 3.05) is 5.32 Å². The molecule has 1 aromatic heterocycles. The van der Waals surface area contributed by atoms with Crippen LogP contribution >= 0.6 is 15.9 Å². The number of carboxylic acid groups (broad SMARTS) is 1. The van der Waals surface area contributed by atoms with Gasteiger partial charge in [0, 0.05) is 6.92 Å². The highest BCUT2D eigenvalue weighted by atomic mass is 79.9. The summed E-state index contributed by atoms with van der Waals surface area (Å²) >= 11 is 2.96. The van der Waals surface area contributed by atoms with Gasteiger partial charge in [0.2, 0.25) is 11.9 Å². The number of amides is 1. The summed E-state index contributed by atoms with van der Waals surface area (Å²) in [7, 11) is 0. The molecular weight excluding hydrogens is 242 g/mol. The van der Waals surface area contributed by atoms with Gasteiger partial charge in [0.15, 0.2) is 5.69 Å². The minimum absolute atomic E-state index is 0.108. The fourth-order valence-electron chi connectivity index (χ4n) is 0.720. The van der Waals surface area contributed by atoms with E-state index in [1.54, 1.807) is 0 Å². The van der Waals surface area contributed by atoms with Crippen LogP contribution in [0, 0.1) is 0 Å². The Hall–Kier alpha value is -1.37. The van der Waals surface area contributed by atoms with Crippen molar-refractivity contribution >= 4 is 33.8 Å². The van der Waals surface area contributed by atoms with Crippen LogP contribution < -0.4 is 5.32 Å². The second-order valence-electron chi connectivity index (χ2n) is 2.23. The first-order valence-corrected chi connectivity index (χ1v) is 4.06. The van der Waals surface area contributed by atoms with E-state index in [9.17, 15) is 9.59 Å². The number of halogens is 1. The minimum atomic E-state index is -1.17. The summed E-state index contributed by atoms with van der Waals surface area (Å²) < 4.78 is 0.226. The predicted octanol–water partition coefficient (Wildman–Crippen LogP) is 0.829. The van der Waals surface area contributed by atoms with E-state index in [0.29, 0.717) is 0 Å². The Labute approximate surface area is 81.5 Å². The van der Waals surface area contributed by atoms with Crippen LogP contribution in [0.4, 0.5) is 5.95 Å². The van der Waals surface area contributed by atoms with Gasteiger partial charge in [0.1, 0.15) is 4.60 Å². The molecule has 1 aromatic rings. The highest BCUT2D eigenvalue weighted by Crippen LogP contribution is 2.15. The number of carboxylic acids is 1. The maximum absolute atomic E-state index is 10.6. The number of carbonyl (C=O) groups excluding carboxylic acids is 1. The molecule has 0 saturated carbocycles. The molecule has 13 heavy (non-hydrogen) atoms. The predicted molar refractivity (Wildman–Crippen MR) is 47.6 cm³/mol. The number of hydrogen-bond donors (Lipinski definition) is 3. The molecule has 6 nitrogen and oxygen atoms in total. The molecule has 1 rings (SSSR count). The first-order valence-electron chi connectivity index (χ1n) is 3.27. The Balaban J connectivity index is 2.95. The number of imidazole rings is 1. The van der Waals surface area contributed by atoms with Gasteiger partial charge in [-0.2, -0.15) is 0 Å². The van der Waals surface area contributed by atoms with Crippen LogP contribution in [0.5, 0.6) is 0 Å². The van der Waals surface area contributed by atoms with Crippen LogP contribution in [-0.2, 0) is 4.79 Å². The molecule has 0 aliphatic heterocycles. The van der Waals surface area contributed by atoms with E-state index < -0.39 is 5.97 Å². The lowest BCUT2D eigenvalue weighted by molar-refractivity contribution is -0.114. The van der Waals surface area contributed by atoms with Crippen LogP contribution in [0.25, 0.3) is 0 Å². The number of aromatic carboxylic acids is 1. The number of carbonyl (C=O) groups is 2. The van der Waals surface area contributed by atoms with Crippen LogP contribution in [0.1, 0.15) is 17.4 Å². The summed E-state index contributed by atoms with van der Waals surface area (Å²) in [5.74, 6) is -1.38. The largest absolute Gasteiger partial charge is 0.476 e. The molecule has 1 heterocycles. The zero-order valence-electron chi connectivity index (χ0n) is 6.59. The van der Waals surface area contributed by atoms with E-state index >= 15 is 0 Å². The molecule has 0 aliphatic carbocycles. The first kappa shape index (κ1) is 9.72. The molecule has 0 bridgehead atoms. The number of aromatic amines is 1. The van der Waals surface area contributed by atoms with Gasteiger partial charge in [-0.3, -0.25) is 10.1 Å². The Kier molecular flexibility index (Phi) is 2.66. The number of H-pyrrole nitrogens is 1. The number of nitrogens with one attached hydrogen (secondary N) is 2. The SMILES string of the molecule is CC(=O)Nc1nc(C(=O)O)c(Br)[nH]1. The van der Waals surface area contributed by atoms with E-state index in [-0.39, 0.29) is 22.2 Å². The Morgan fingerprint density at radius 2 is 2.23 bits per heavy atom. The fourth-order valence-corrected chi connectivity index (χ4v) is 1.17. The molecule has 0 aliphatic rings. The molecular formula is C6H6BrN3O3. The summed E-state index contributed by atoms with van der Waals surface area (Å²) in [5.41, 5.74) is -0.163. The molecule has 3 N–H and O–H groups in total. The van der Waals surface area contributed by atoms with Gasteiger partial charge in [-0.1, -0.05) is 0 Å². The summed E-state index contributed by atoms with van der Waals surface area (Å²) in [6.07, 6.45) is 0. The summed E-state index contributed by atoms with van der Waals surface area (Å²) in [4.78, 5) is 27.2. The summed E-state index contributed by atoms with van der Waals surface area (Å²) in [5, 5.41) is 10.9. The van der Waals surface area contributed by atoms with Crippen LogP contribution in [0.15, 0.2) is 4.60 Å². The number of rotatable bonds is 2. The average molecular weight is 248 g/mol. The van der Waals surface area contributed by atoms with Gasteiger partial charge in [-0.15, -0.1) is 0 Å². The third-order valence-corrected chi connectivity index (χ3v) is 1.73. The van der Waals surface area contributed by atoms with Gasteiger partial charge in [-0.25, -0.2) is 9.78 Å². The number of nitrogens with zero attached hydrogens (tertiary/aromatic N) is 1. The zero-order chi connectivity index (χ0) is 10.0. The van der Waals surface area contributed by atoms with Gasteiger partial charge in [-0.05, 0) is 15.9 Å². The first-order chi connectivity index (χ1) is 6.00. The van der Waals surface area contributed by atoms with Crippen molar-refractivity contribution < 1.29 is 14.7 Å². The lowest BCUT2D eigenvalue weighted by Crippen LogP contribution is -2.07. The number of aromatic nitrogens is 2. The number of hydrogen-bond acceptors (Lipinski definition) is 3. The van der Waals surface area contributed by atoms with Crippen molar-refractivity contribution in [1.82, 2.24) is 9.97 Å². The fraction of sp³-hybridized carbons (Fsp3) is 0.167. The topological polar surface area (TPSA) is 95.1 Å². The monoisotopic (exact) mass is 247 g/mol. The molecule has 70 valence electrons. The van der Waals surface area contributed by atoms with Crippen molar-refractivity contribution in [3.8, 4) is 0 Å². The maximum Gasteiger partial charge on any atom is 0.357 e. The third-order valence-electron chi connectivity index (χ3n) is 1.16. The van der Waals surface area contributed by atoms with E-state index in [2.05, 4.69) is 31.2 Å². The standard InChI is InChI=1S/C6H6BrN3O3/c1-2(11)8-6-9-3(5(12)13)4(7)10-6/h1H3,(H,12,13)(H2,8,9,10,11). The van der Waals surface area contributed by atoms with Gasteiger partial charge in [0.05, 0.1) is 0 Å². The van der Waals surface area contributed by atoms with Crippen molar-refractivity contribution in [2.45, 2.75) is 6.92 Å². The van der Waals surface area contributed by atoms with E-state index in [4.69, 9.17) is 5.11 Å². The lowest BCUT2D eigenvalue weighted by atomic mass is 10.5. The Bertz CT molecular complexity index is 360. The van der Waals surface area contributed by atoms with Gasteiger partial charge < -0.3 is 10.1 Å². The Morgan fingerprint density at radius 3 is 2.62 bits per heavy atom. The molecule has 0 spiro atoms. The molecule has 0 unspecified atom stereocenters. The van der Waals surface area contributed by atoms with Crippen LogP contribution in [-0.4, -0.2) is 27.0 Å². The smallest absolute Gasteiger partial charge is 0.357 e. The molecule has 0 radical (unpaired) electrons. The average Bonchev–Trinajstić information content (AvgIpc) is 2.29. The Morgan fingerprint density at radius 1 is 1.62 bits per heavy atom. The highest BCUT2D eigenvalue weighted by molar-refractivity contribution is 9.10. The van der Waals surface area contributed by atoms with Crippen molar-refractivity contribution in [1.29, 1.82) is 0 Å². The summed E-state index contributed by atoms with van der Waals surface area (Å²) in [6.45, 7) is 1.30. The molecule has 0 fully saturated rings. The third kappa shape index (κ3) is 2.28. The second-order valence-corrected chi connectivity index (χ2v) is 3.03. The maximum atomic E-state index is 10.6. The summed E-state index contributed by atoms with van der Waals surface area (Å²) in [6, 6.07) is 0. The molecule has 0 aromatic carbocycles. The number of anilines is 1. The highest BCUT2D eigenvalue weighted by Gasteiger charge is 2.14. The molecule has 7 heteroatoms. The minimum Gasteiger partial charge on any atom is -0.476 e. The van der Waals surface area contributed by atoms with Crippen LogP contribution in [0.2, 0.25) is 0 Å². The van der Waals surface area contributed by atoms with Gasteiger partial charge in [0.25, 0.3) is 0 Å². The second kappa shape index (κ2) is 3.56.